The molecule has 2 nitrogen and oxygen atoms in total. The smallest absolute Gasteiger partial charge is 0.133 e. The van der Waals surface area contributed by atoms with Gasteiger partial charge < -0.3 is 4.90 Å². The standard InChI is InChI=1S/C18H25ClN2/c1-4-6-11-21(14(3)5-2)18-16(13-19)12-15-9-7-8-10-17(15)20-18/h7-10,12,14H,4-6,11,13H2,1-3H3. The molecule has 0 radical (unpaired) electrons. The Morgan fingerprint density at radius 2 is 2.00 bits per heavy atom. The molecule has 0 saturated carbocycles. The van der Waals surface area contributed by atoms with Crippen LogP contribution < -0.4 is 4.90 Å². The molecular formula is C18H25ClN2. The van der Waals surface area contributed by atoms with Crippen molar-refractivity contribution < 1.29 is 0 Å². The molecule has 3 heteroatoms. The fourth-order valence-corrected chi connectivity index (χ4v) is 2.78. The van der Waals surface area contributed by atoms with Crippen LogP contribution in [0.25, 0.3) is 10.9 Å². The summed E-state index contributed by atoms with van der Waals surface area (Å²) in [4.78, 5) is 7.33. The lowest BCUT2D eigenvalue weighted by molar-refractivity contribution is 0.589. The van der Waals surface area contributed by atoms with Crippen molar-refractivity contribution in [2.75, 3.05) is 11.4 Å². The average Bonchev–Trinajstić information content (AvgIpc) is 2.54. The molecule has 0 spiro atoms. The quantitative estimate of drug-likeness (QED) is 0.638. The molecule has 114 valence electrons. The first kappa shape index (κ1) is 16.1. The van der Waals surface area contributed by atoms with E-state index in [4.69, 9.17) is 16.6 Å². The van der Waals surface area contributed by atoms with Crippen LogP contribution in [0.1, 0.15) is 45.6 Å². The number of halogens is 1. The van der Waals surface area contributed by atoms with Gasteiger partial charge in [0.2, 0.25) is 0 Å². The summed E-state index contributed by atoms with van der Waals surface area (Å²) < 4.78 is 0. The Morgan fingerprint density at radius 3 is 2.67 bits per heavy atom. The van der Waals surface area contributed by atoms with Gasteiger partial charge in [-0.1, -0.05) is 38.5 Å². The van der Waals surface area contributed by atoms with E-state index in [1.165, 1.54) is 12.8 Å². The number of hydrogen-bond acceptors (Lipinski definition) is 2. The van der Waals surface area contributed by atoms with Crippen LogP contribution in [0.2, 0.25) is 0 Å². The average molecular weight is 305 g/mol. The van der Waals surface area contributed by atoms with Gasteiger partial charge in [0.25, 0.3) is 0 Å². The highest BCUT2D eigenvalue weighted by atomic mass is 35.5. The first-order valence-corrected chi connectivity index (χ1v) is 8.46. The third-order valence-electron chi connectivity index (χ3n) is 4.07. The Labute approximate surface area is 133 Å². The Kier molecular flexibility index (Phi) is 5.86. The number of alkyl halides is 1. The van der Waals surface area contributed by atoms with Gasteiger partial charge in [-0.05, 0) is 31.9 Å². The van der Waals surface area contributed by atoms with Crippen molar-refractivity contribution >= 4 is 28.3 Å². The van der Waals surface area contributed by atoms with E-state index in [9.17, 15) is 0 Å². The van der Waals surface area contributed by atoms with E-state index < -0.39 is 0 Å². The fraction of sp³-hybridized carbons (Fsp3) is 0.500. The summed E-state index contributed by atoms with van der Waals surface area (Å²) >= 11 is 6.19. The van der Waals surface area contributed by atoms with Gasteiger partial charge in [0.15, 0.2) is 0 Å². The van der Waals surface area contributed by atoms with Crippen LogP contribution in [-0.4, -0.2) is 17.6 Å². The minimum absolute atomic E-state index is 0.479. The van der Waals surface area contributed by atoms with Gasteiger partial charge >= 0.3 is 0 Å². The van der Waals surface area contributed by atoms with E-state index in [-0.39, 0.29) is 0 Å². The molecule has 0 fully saturated rings. The van der Waals surface area contributed by atoms with E-state index in [0.29, 0.717) is 11.9 Å². The number of benzene rings is 1. The van der Waals surface area contributed by atoms with Crippen molar-refractivity contribution in [2.24, 2.45) is 0 Å². The van der Waals surface area contributed by atoms with E-state index in [1.807, 2.05) is 12.1 Å². The number of unbranched alkanes of at least 4 members (excludes halogenated alkanes) is 1. The van der Waals surface area contributed by atoms with Gasteiger partial charge in [-0.3, -0.25) is 0 Å². The second-order valence-corrected chi connectivity index (χ2v) is 5.87. The zero-order valence-corrected chi connectivity index (χ0v) is 14.0. The second kappa shape index (κ2) is 7.65. The predicted octanol–water partition coefficient (Wildman–Crippen LogP) is 5.38. The Bertz CT molecular complexity index is 582. The van der Waals surface area contributed by atoms with Gasteiger partial charge in [-0.25, -0.2) is 4.98 Å². The number of para-hydroxylation sites is 1. The maximum Gasteiger partial charge on any atom is 0.133 e. The number of pyridine rings is 1. The van der Waals surface area contributed by atoms with Gasteiger partial charge in [0.05, 0.1) is 11.4 Å². The van der Waals surface area contributed by atoms with Gasteiger partial charge in [0.1, 0.15) is 5.82 Å². The van der Waals surface area contributed by atoms with Crippen molar-refractivity contribution in [2.45, 2.75) is 52.0 Å². The van der Waals surface area contributed by atoms with E-state index in [1.54, 1.807) is 0 Å². The lowest BCUT2D eigenvalue weighted by Gasteiger charge is -2.31. The summed E-state index contributed by atoms with van der Waals surface area (Å²) in [6, 6.07) is 10.9. The number of aromatic nitrogens is 1. The summed E-state index contributed by atoms with van der Waals surface area (Å²) in [5.74, 6) is 1.57. The van der Waals surface area contributed by atoms with Crippen LogP contribution in [-0.2, 0) is 5.88 Å². The molecule has 0 aliphatic carbocycles. The van der Waals surface area contributed by atoms with Crippen LogP contribution in [0.5, 0.6) is 0 Å². The van der Waals surface area contributed by atoms with Crippen LogP contribution in [0.4, 0.5) is 5.82 Å². The maximum absolute atomic E-state index is 6.19. The van der Waals surface area contributed by atoms with Crippen LogP contribution in [0.15, 0.2) is 30.3 Å². The molecule has 1 unspecified atom stereocenters. The molecule has 1 aromatic heterocycles. The Hall–Kier alpha value is -1.28. The summed E-state index contributed by atoms with van der Waals surface area (Å²) in [5.41, 5.74) is 2.18. The lowest BCUT2D eigenvalue weighted by atomic mass is 10.1. The molecule has 0 bridgehead atoms. The van der Waals surface area contributed by atoms with Crippen molar-refractivity contribution in [3.05, 3.63) is 35.9 Å². The highest BCUT2D eigenvalue weighted by Crippen LogP contribution is 2.27. The largest absolute Gasteiger partial charge is 0.354 e. The highest BCUT2D eigenvalue weighted by molar-refractivity contribution is 6.17. The molecule has 2 aromatic rings. The van der Waals surface area contributed by atoms with Crippen molar-refractivity contribution in [3.8, 4) is 0 Å². The SMILES string of the molecule is CCCCN(c1nc2ccccc2cc1CCl)C(C)CC. The predicted molar refractivity (Wildman–Crippen MR) is 93.3 cm³/mol. The summed E-state index contributed by atoms with van der Waals surface area (Å²) in [7, 11) is 0. The third-order valence-corrected chi connectivity index (χ3v) is 4.36. The van der Waals surface area contributed by atoms with E-state index in [0.717, 1.165) is 35.2 Å². The maximum atomic E-state index is 6.19. The molecule has 21 heavy (non-hydrogen) atoms. The molecule has 0 N–H and O–H groups in total. The summed E-state index contributed by atoms with van der Waals surface area (Å²) in [6.45, 7) is 7.77. The number of hydrogen-bond donors (Lipinski definition) is 0. The normalized spacial score (nSPS) is 12.6. The monoisotopic (exact) mass is 304 g/mol. The third kappa shape index (κ3) is 3.68. The molecule has 0 aliphatic heterocycles. The zero-order chi connectivity index (χ0) is 15.2. The number of nitrogens with zero attached hydrogens (tertiary/aromatic N) is 2. The minimum Gasteiger partial charge on any atom is -0.354 e. The molecule has 0 amide bonds. The lowest BCUT2D eigenvalue weighted by Crippen LogP contribution is -2.35. The van der Waals surface area contributed by atoms with Crippen molar-refractivity contribution in [1.82, 2.24) is 4.98 Å². The van der Waals surface area contributed by atoms with Gasteiger partial charge in [0, 0.05) is 23.5 Å². The van der Waals surface area contributed by atoms with Crippen LogP contribution in [0.3, 0.4) is 0 Å². The van der Waals surface area contributed by atoms with Crippen LogP contribution in [0, 0.1) is 0 Å². The van der Waals surface area contributed by atoms with Crippen molar-refractivity contribution in [1.29, 1.82) is 0 Å². The summed E-state index contributed by atoms with van der Waals surface area (Å²) in [5, 5.41) is 1.16. The second-order valence-electron chi connectivity index (χ2n) is 5.60. The van der Waals surface area contributed by atoms with Crippen LogP contribution >= 0.6 is 11.6 Å². The molecular weight excluding hydrogens is 280 g/mol. The van der Waals surface area contributed by atoms with Crippen molar-refractivity contribution in [3.63, 3.8) is 0 Å². The number of rotatable bonds is 7. The highest BCUT2D eigenvalue weighted by Gasteiger charge is 2.18. The molecule has 1 atom stereocenters. The molecule has 1 aromatic carbocycles. The molecule has 0 saturated heterocycles. The Morgan fingerprint density at radius 1 is 1.24 bits per heavy atom. The minimum atomic E-state index is 0.479. The van der Waals surface area contributed by atoms with E-state index >= 15 is 0 Å². The summed E-state index contributed by atoms with van der Waals surface area (Å²) in [6.07, 6.45) is 3.48. The Balaban J connectivity index is 2.48. The van der Waals surface area contributed by atoms with Gasteiger partial charge in [-0.15, -0.1) is 11.6 Å². The first-order chi connectivity index (χ1) is 10.2. The number of fused-ring (bicyclic) bond motifs is 1. The number of anilines is 1. The molecule has 0 aliphatic rings. The first-order valence-electron chi connectivity index (χ1n) is 7.92. The molecule has 1 heterocycles. The van der Waals surface area contributed by atoms with E-state index in [2.05, 4.69) is 43.9 Å². The zero-order valence-electron chi connectivity index (χ0n) is 13.3. The fourth-order valence-electron chi connectivity index (χ4n) is 2.58. The molecule has 2 rings (SSSR count). The topological polar surface area (TPSA) is 16.1 Å². The van der Waals surface area contributed by atoms with Gasteiger partial charge in [-0.2, -0.15) is 0 Å².